The summed E-state index contributed by atoms with van der Waals surface area (Å²) in [4.78, 5) is 4.19. The van der Waals surface area contributed by atoms with Crippen molar-refractivity contribution >= 4 is 28.8 Å². The third-order valence-corrected chi connectivity index (χ3v) is 3.39. The standard InChI is InChI=1S/C13H8Cl2FN3/c1-7-6-10-17-12(14)11(13(15)19(10)18-7)8-4-2-3-5-9(8)16/h2-6H,1H3. The second kappa shape index (κ2) is 4.47. The van der Waals surface area contributed by atoms with E-state index in [1.165, 1.54) is 10.6 Å². The topological polar surface area (TPSA) is 30.2 Å². The van der Waals surface area contributed by atoms with E-state index in [2.05, 4.69) is 10.1 Å². The minimum atomic E-state index is -0.406. The van der Waals surface area contributed by atoms with Crippen LogP contribution in [0.25, 0.3) is 16.8 Å². The Labute approximate surface area is 118 Å². The van der Waals surface area contributed by atoms with Crippen LogP contribution in [-0.4, -0.2) is 14.6 Å². The Kier molecular flexibility index (Phi) is 2.92. The van der Waals surface area contributed by atoms with E-state index >= 15 is 0 Å². The number of aromatic nitrogens is 3. The fraction of sp³-hybridized carbons (Fsp3) is 0.0769. The van der Waals surface area contributed by atoms with Crippen LogP contribution in [0.2, 0.25) is 10.3 Å². The Balaban J connectivity index is 2.38. The molecule has 0 amide bonds. The summed E-state index contributed by atoms with van der Waals surface area (Å²) in [5.41, 5.74) is 1.95. The van der Waals surface area contributed by atoms with Crippen molar-refractivity contribution in [1.29, 1.82) is 0 Å². The van der Waals surface area contributed by atoms with E-state index in [-0.39, 0.29) is 10.3 Å². The molecule has 19 heavy (non-hydrogen) atoms. The zero-order valence-electron chi connectivity index (χ0n) is 9.86. The molecule has 2 heterocycles. The number of benzene rings is 1. The molecule has 0 fully saturated rings. The van der Waals surface area contributed by atoms with Crippen LogP contribution >= 0.6 is 23.2 Å². The third kappa shape index (κ3) is 1.97. The molecule has 0 saturated carbocycles. The second-order valence-electron chi connectivity index (χ2n) is 4.10. The van der Waals surface area contributed by atoms with Crippen LogP contribution in [0.15, 0.2) is 30.3 Å². The molecule has 3 rings (SSSR count). The van der Waals surface area contributed by atoms with Crippen molar-refractivity contribution < 1.29 is 4.39 Å². The third-order valence-electron chi connectivity index (χ3n) is 2.77. The summed E-state index contributed by atoms with van der Waals surface area (Å²) in [7, 11) is 0. The summed E-state index contributed by atoms with van der Waals surface area (Å²) in [6, 6.07) is 8.02. The number of hydrogen-bond acceptors (Lipinski definition) is 2. The van der Waals surface area contributed by atoms with Crippen LogP contribution < -0.4 is 0 Å². The van der Waals surface area contributed by atoms with Gasteiger partial charge in [0.15, 0.2) is 5.65 Å². The van der Waals surface area contributed by atoms with Gasteiger partial charge in [-0.05, 0) is 13.0 Å². The highest BCUT2D eigenvalue weighted by atomic mass is 35.5. The quantitative estimate of drug-likeness (QED) is 0.631. The Hall–Kier alpha value is -1.65. The molecule has 0 aliphatic rings. The number of rotatable bonds is 1. The molecule has 1 aromatic carbocycles. The van der Waals surface area contributed by atoms with Crippen molar-refractivity contribution in [3.63, 3.8) is 0 Å². The smallest absolute Gasteiger partial charge is 0.158 e. The molecule has 3 nitrogen and oxygen atoms in total. The zero-order valence-corrected chi connectivity index (χ0v) is 11.4. The average molecular weight is 296 g/mol. The summed E-state index contributed by atoms with van der Waals surface area (Å²) >= 11 is 12.4. The molecule has 0 bridgehead atoms. The lowest BCUT2D eigenvalue weighted by Gasteiger charge is -2.09. The van der Waals surface area contributed by atoms with Gasteiger partial charge in [-0.3, -0.25) is 0 Å². The molecule has 0 atom stereocenters. The molecule has 3 aromatic rings. The molecular weight excluding hydrogens is 288 g/mol. The summed E-state index contributed by atoms with van der Waals surface area (Å²) in [5.74, 6) is -0.406. The van der Waals surface area contributed by atoms with Gasteiger partial charge in [-0.25, -0.2) is 13.9 Å². The van der Waals surface area contributed by atoms with Crippen molar-refractivity contribution in [3.8, 4) is 11.1 Å². The Morgan fingerprint density at radius 2 is 1.95 bits per heavy atom. The van der Waals surface area contributed by atoms with Gasteiger partial charge in [0.05, 0.1) is 11.3 Å². The highest BCUT2D eigenvalue weighted by Gasteiger charge is 2.18. The molecule has 0 saturated heterocycles. The van der Waals surface area contributed by atoms with Crippen molar-refractivity contribution in [1.82, 2.24) is 14.6 Å². The van der Waals surface area contributed by atoms with E-state index in [0.29, 0.717) is 16.8 Å². The predicted molar refractivity (Wildman–Crippen MR) is 73.1 cm³/mol. The van der Waals surface area contributed by atoms with Gasteiger partial charge in [-0.1, -0.05) is 41.4 Å². The SMILES string of the molecule is Cc1cc2nc(Cl)c(-c3ccccc3F)c(Cl)n2n1. The van der Waals surface area contributed by atoms with Gasteiger partial charge in [-0.15, -0.1) is 0 Å². The van der Waals surface area contributed by atoms with Crippen LogP contribution in [0.5, 0.6) is 0 Å². The largest absolute Gasteiger partial charge is 0.216 e. The van der Waals surface area contributed by atoms with Gasteiger partial charge in [0.2, 0.25) is 0 Å². The molecular formula is C13H8Cl2FN3. The molecule has 0 radical (unpaired) electrons. The predicted octanol–water partition coefficient (Wildman–Crippen LogP) is 4.15. The Bertz CT molecular complexity index is 783. The van der Waals surface area contributed by atoms with Crippen molar-refractivity contribution in [2.75, 3.05) is 0 Å². The van der Waals surface area contributed by atoms with Crippen molar-refractivity contribution in [3.05, 3.63) is 52.1 Å². The van der Waals surface area contributed by atoms with Gasteiger partial charge < -0.3 is 0 Å². The lowest BCUT2D eigenvalue weighted by Crippen LogP contribution is -1.98. The maximum Gasteiger partial charge on any atom is 0.158 e. The first-order valence-corrected chi connectivity index (χ1v) is 6.30. The summed E-state index contributed by atoms with van der Waals surface area (Å²) in [6.07, 6.45) is 0. The Morgan fingerprint density at radius 3 is 2.68 bits per heavy atom. The van der Waals surface area contributed by atoms with E-state index in [4.69, 9.17) is 23.2 Å². The van der Waals surface area contributed by atoms with Crippen LogP contribution in [0, 0.1) is 12.7 Å². The fourth-order valence-electron chi connectivity index (χ4n) is 1.94. The monoisotopic (exact) mass is 295 g/mol. The normalized spacial score (nSPS) is 11.2. The zero-order chi connectivity index (χ0) is 13.6. The van der Waals surface area contributed by atoms with Gasteiger partial charge in [-0.2, -0.15) is 5.10 Å². The first kappa shape index (κ1) is 12.4. The van der Waals surface area contributed by atoms with Crippen LogP contribution in [-0.2, 0) is 0 Å². The minimum Gasteiger partial charge on any atom is -0.216 e. The number of fused-ring (bicyclic) bond motifs is 1. The highest BCUT2D eigenvalue weighted by Crippen LogP contribution is 2.35. The molecule has 0 N–H and O–H groups in total. The highest BCUT2D eigenvalue weighted by molar-refractivity contribution is 6.38. The summed E-state index contributed by atoms with van der Waals surface area (Å²) in [5, 5.41) is 4.61. The number of halogens is 3. The fourth-order valence-corrected chi connectivity index (χ4v) is 2.59. The van der Waals surface area contributed by atoms with E-state index < -0.39 is 5.82 Å². The first-order valence-electron chi connectivity index (χ1n) is 5.54. The first-order chi connectivity index (χ1) is 9.08. The summed E-state index contributed by atoms with van der Waals surface area (Å²) < 4.78 is 15.3. The molecule has 96 valence electrons. The molecule has 0 spiro atoms. The lowest BCUT2D eigenvalue weighted by atomic mass is 10.1. The molecule has 0 aliphatic carbocycles. The minimum absolute atomic E-state index is 0.155. The van der Waals surface area contributed by atoms with Crippen LogP contribution in [0.3, 0.4) is 0 Å². The number of hydrogen-bond donors (Lipinski definition) is 0. The van der Waals surface area contributed by atoms with Gasteiger partial charge in [0.1, 0.15) is 16.1 Å². The van der Waals surface area contributed by atoms with Crippen molar-refractivity contribution in [2.24, 2.45) is 0 Å². The van der Waals surface area contributed by atoms with Gasteiger partial charge >= 0.3 is 0 Å². The maximum atomic E-state index is 13.9. The average Bonchev–Trinajstić information content (AvgIpc) is 2.72. The van der Waals surface area contributed by atoms with Crippen LogP contribution in [0.4, 0.5) is 4.39 Å². The van der Waals surface area contributed by atoms with Gasteiger partial charge in [0, 0.05) is 11.6 Å². The number of aryl methyl sites for hydroxylation is 1. The van der Waals surface area contributed by atoms with Crippen LogP contribution in [0.1, 0.15) is 5.69 Å². The molecule has 0 unspecified atom stereocenters. The second-order valence-corrected chi connectivity index (χ2v) is 4.82. The van der Waals surface area contributed by atoms with Gasteiger partial charge in [0.25, 0.3) is 0 Å². The molecule has 0 aliphatic heterocycles. The lowest BCUT2D eigenvalue weighted by molar-refractivity contribution is 0.631. The van der Waals surface area contributed by atoms with E-state index in [1.54, 1.807) is 24.3 Å². The molecule has 6 heteroatoms. The van der Waals surface area contributed by atoms with E-state index in [9.17, 15) is 4.39 Å². The maximum absolute atomic E-state index is 13.9. The van der Waals surface area contributed by atoms with E-state index in [0.717, 1.165) is 5.69 Å². The summed E-state index contributed by atoms with van der Waals surface area (Å²) in [6.45, 7) is 1.82. The number of nitrogens with zero attached hydrogens (tertiary/aromatic N) is 3. The van der Waals surface area contributed by atoms with E-state index in [1.807, 2.05) is 6.92 Å². The van der Waals surface area contributed by atoms with Crippen molar-refractivity contribution in [2.45, 2.75) is 6.92 Å². The Morgan fingerprint density at radius 1 is 1.21 bits per heavy atom. The molecule has 2 aromatic heterocycles.